The molecular formula is C13H14ClFN2O2. The topological polar surface area (TPSA) is 49.4 Å². The molecular weight excluding hydrogens is 271 g/mol. The van der Waals surface area contributed by atoms with E-state index in [-0.39, 0.29) is 16.8 Å². The molecule has 2 rings (SSSR count). The summed E-state index contributed by atoms with van der Waals surface area (Å²) in [5, 5.41) is 2.79. The molecule has 0 aromatic heterocycles. The maximum absolute atomic E-state index is 13.4. The largest absolute Gasteiger partial charge is 0.343 e. The highest BCUT2D eigenvalue weighted by Crippen LogP contribution is 2.27. The third-order valence-electron chi connectivity index (χ3n) is 3.09. The number of hydrogen-bond acceptors (Lipinski definition) is 2. The summed E-state index contributed by atoms with van der Waals surface area (Å²) < 4.78 is 13.4. The minimum Gasteiger partial charge on any atom is -0.343 e. The zero-order valence-electron chi connectivity index (χ0n) is 10.6. The molecule has 1 aromatic rings. The first-order chi connectivity index (χ1) is 8.93. The lowest BCUT2D eigenvalue weighted by atomic mass is 10.0. The smallest absolute Gasteiger partial charge is 0.250 e. The molecule has 0 radical (unpaired) electrons. The first kappa shape index (κ1) is 13.8. The Morgan fingerprint density at radius 3 is 2.63 bits per heavy atom. The van der Waals surface area contributed by atoms with Crippen molar-refractivity contribution < 1.29 is 14.0 Å². The highest BCUT2D eigenvalue weighted by Gasteiger charge is 2.38. The molecule has 19 heavy (non-hydrogen) atoms. The highest BCUT2D eigenvalue weighted by atomic mass is 35.5. The van der Waals surface area contributed by atoms with Gasteiger partial charge in [-0.3, -0.25) is 14.5 Å². The van der Waals surface area contributed by atoms with Gasteiger partial charge in [0.25, 0.3) is 0 Å². The van der Waals surface area contributed by atoms with Crippen LogP contribution >= 0.6 is 11.6 Å². The molecule has 1 saturated heterocycles. The molecule has 0 aliphatic carbocycles. The molecule has 1 aliphatic heterocycles. The van der Waals surface area contributed by atoms with E-state index in [1.54, 1.807) is 13.8 Å². The third-order valence-corrected chi connectivity index (χ3v) is 3.31. The zero-order chi connectivity index (χ0) is 14.2. The summed E-state index contributed by atoms with van der Waals surface area (Å²) in [5.41, 5.74) is 0.309. The minimum absolute atomic E-state index is 0.191. The van der Waals surface area contributed by atoms with Crippen molar-refractivity contribution in [1.82, 2.24) is 5.32 Å². The van der Waals surface area contributed by atoms with E-state index in [4.69, 9.17) is 11.6 Å². The van der Waals surface area contributed by atoms with Gasteiger partial charge in [-0.2, -0.15) is 0 Å². The lowest BCUT2D eigenvalue weighted by molar-refractivity contribution is -0.133. The Balaban J connectivity index is 2.48. The summed E-state index contributed by atoms with van der Waals surface area (Å²) in [4.78, 5) is 25.4. The van der Waals surface area contributed by atoms with Gasteiger partial charge in [-0.25, -0.2) is 4.39 Å². The van der Waals surface area contributed by atoms with Crippen molar-refractivity contribution in [3.05, 3.63) is 29.0 Å². The number of amides is 2. The van der Waals surface area contributed by atoms with Gasteiger partial charge in [0.05, 0.1) is 0 Å². The minimum atomic E-state index is -0.637. The number of hydrogen-bond donors (Lipinski definition) is 1. The Bertz CT molecular complexity index is 515. The summed E-state index contributed by atoms with van der Waals surface area (Å²) in [6.45, 7) is 3.39. The van der Waals surface area contributed by atoms with Crippen molar-refractivity contribution in [3.8, 4) is 0 Å². The van der Waals surface area contributed by atoms with Crippen molar-refractivity contribution in [2.45, 2.75) is 32.4 Å². The van der Waals surface area contributed by atoms with Crippen LogP contribution in [0.25, 0.3) is 0 Å². The first-order valence-corrected chi connectivity index (χ1v) is 6.41. The van der Waals surface area contributed by atoms with Crippen LogP contribution in [-0.4, -0.2) is 23.9 Å². The Morgan fingerprint density at radius 1 is 1.37 bits per heavy atom. The van der Waals surface area contributed by atoms with Gasteiger partial charge >= 0.3 is 0 Å². The van der Waals surface area contributed by atoms with Gasteiger partial charge in [-0.15, -0.1) is 0 Å². The van der Waals surface area contributed by atoms with Crippen molar-refractivity contribution in [1.29, 1.82) is 0 Å². The van der Waals surface area contributed by atoms with Crippen molar-refractivity contribution in [3.63, 3.8) is 0 Å². The molecule has 2 unspecified atom stereocenters. The molecule has 1 heterocycles. The number of carbonyl (C=O) groups excluding carboxylic acids is 2. The summed E-state index contributed by atoms with van der Waals surface area (Å²) >= 11 is 5.80. The molecule has 4 nitrogen and oxygen atoms in total. The number of benzene rings is 1. The maximum Gasteiger partial charge on any atom is 0.250 e. The average Bonchev–Trinajstić information content (AvgIpc) is 2.32. The highest BCUT2D eigenvalue weighted by molar-refractivity contribution is 6.31. The number of rotatable bonds is 2. The van der Waals surface area contributed by atoms with E-state index in [1.165, 1.54) is 17.0 Å². The van der Waals surface area contributed by atoms with Crippen LogP contribution < -0.4 is 10.2 Å². The van der Waals surface area contributed by atoms with Crippen LogP contribution in [0.2, 0.25) is 5.02 Å². The quantitative estimate of drug-likeness (QED) is 0.904. The second-order valence-electron chi connectivity index (χ2n) is 4.49. The van der Waals surface area contributed by atoms with Crippen LogP contribution in [0.1, 0.15) is 20.3 Å². The van der Waals surface area contributed by atoms with E-state index in [0.717, 1.165) is 6.07 Å². The summed E-state index contributed by atoms with van der Waals surface area (Å²) in [5.74, 6) is -1.05. The van der Waals surface area contributed by atoms with Crippen molar-refractivity contribution in [2.24, 2.45) is 0 Å². The van der Waals surface area contributed by atoms with Crippen LogP contribution in [0.3, 0.4) is 0 Å². The second-order valence-corrected chi connectivity index (χ2v) is 4.93. The SMILES string of the molecule is CCC1C(=O)NC(C)C(=O)N1c1cc(F)cc(Cl)c1. The van der Waals surface area contributed by atoms with Gasteiger partial charge in [-0.1, -0.05) is 18.5 Å². The maximum atomic E-state index is 13.4. The summed E-state index contributed by atoms with van der Waals surface area (Å²) in [6, 6.07) is 2.58. The van der Waals surface area contributed by atoms with Gasteiger partial charge < -0.3 is 5.32 Å². The van der Waals surface area contributed by atoms with Gasteiger partial charge in [-0.05, 0) is 31.5 Å². The molecule has 2 amide bonds. The Morgan fingerprint density at radius 2 is 2.05 bits per heavy atom. The van der Waals surface area contributed by atoms with Gasteiger partial charge in [0.15, 0.2) is 0 Å². The van der Waals surface area contributed by atoms with Crippen LogP contribution in [-0.2, 0) is 9.59 Å². The fourth-order valence-electron chi connectivity index (χ4n) is 2.20. The summed E-state index contributed by atoms with van der Waals surface area (Å²) in [6.07, 6.45) is 0.443. The van der Waals surface area contributed by atoms with Crippen LogP contribution in [0.5, 0.6) is 0 Å². The van der Waals surface area contributed by atoms with Crippen molar-refractivity contribution >= 4 is 29.1 Å². The van der Waals surface area contributed by atoms with Crippen LogP contribution in [0.15, 0.2) is 18.2 Å². The van der Waals surface area contributed by atoms with E-state index >= 15 is 0 Å². The lowest BCUT2D eigenvalue weighted by Crippen LogP contribution is -2.62. The standard InChI is InChI=1S/C13H14ClFN2O2/c1-3-11-12(18)16-7(2)13(19)17(11)10-5-8(14)4-9(15)6-10/h4-7,11H,3H2,1-2H3,(H,16,18). The second kappa shape index (κ2) is 5.17. The summed E-state index contributed by atoms with van der Waals surface area (Å²) in [7, 11) is 0. The molecule has 102 valence electrons. The normalized spacial score (nSPS) is 23.5. The number of halogens is 2. The fourth-order valence-corrected chi connectivity index (χ4v) is 2.42. The van der Waals surface area contributed by atoms with E-state index in [0.29, 0.717) is 12.1 Å². The molecule has 0 bridgehead atoms. The number of nitrogens with one attached hydrogen (secondary N) is 1. The zero-order valence-corrected chi connectivity index (χ0v) is 11.4. The number of nitrogens with zero attached hydrogens (tertiary/aromatic N) is 1. The molecule has 1 N–H and O–H groups in total. The van der Waals surface area contributed by atoms with Gasteiger partial charge in [0.1, 0.15) is 17.9 Å². The van der Waals surface area contributed by atoms with E-state index < -0.39 is 17.9 Å². The predicted octanol–water partition coefficient (Wildman–Crippen LogP) is 2.11. The van der Waals surface area contributed by atoms with Crippen LogP contribution in [0, 0.1) is 5.82 Å². The van der Waals surface area contributed by atoms with E-state index in [2.05, 4.69) is 5.32 Å². The monoisotopic (exact) mass is 284 g/mol. The predicted molar refractivity (Wildman–Crippen MR) is 70.6 cm³/mol. The van der Waals surface area contributed by atoms with E-state index in [1.807, 2.05) is 0 Å². The Kier molecular flexibility index (Phi) is 3.75. The molecule has 0 spiro atoms. The number of carbonyl (C=O) groups is 2. The molecule has 1 aliphatic rings. The number of anilines is 1. The Hall–Kier alpha value is -1.62. The third kappa shape index (κ3) is 2.56. The van der Waals surface area contributed by atoms with Crippen LogP contribution in [0.4, 0.5) is 10.1 Å². The number of piperazine rings is 1. The molecule has 2 atom stereocenters. The first-order valence-electron chi connectivity index (χ1n) is 6.03. The fraction of sp³-hybridized carbons (Fsp3) is 0.385. The lowest BCUT2D eigenvalue weighted by Gasteiger charge is -2.37. The molecule has 6 heteroatoms. The average molecular weight is 285 g/mol. The molecule has 0 saturated carbocycles. The molecule has 1 fully saturated rings. The van der Waals surface area contributed by atoms with Gasteiger partial charge in [0.2, 0.25) is 11.8 Å². The van der Waals surface area contributed by atoms with E-state index in [9.17, 15) is 14.0 Å². The Labute approximate surface area is 115 Å². The van der Waals surface area contributed by atoms with Gasteiger partial charge in [0, 0.05) is 10.7 Å². The molecule has 1 aromatic carbocycles. The van der Waals surface area contributed by atoms with Crippen molar-refractivity contribution in [2.75, 3.05) is 4.90 Å².